The van der Waals surface area contributed by atoms with Gasteiger partial charge in [-0.25, -0.2) is 0 Å². The molecule has 1 aliphatic rings. The predicted molar refractivity (Wildman–Crippen MR) is 122 cm³/mol. The molecule has 1 fully saturated rings. The molecule has 0 aromatic carbocycles. The Morgan fingerprint density at radius 2 is 1.28 bits per heavy atom. The smallest absolute Gasteiger partial charge is 0.306 e. The highest BCUT2D eigenvalue weighted by atomic mass is 16.7. The number of carbonyl (C=O) groups is 1. The van der Waals surface area contributed by atoms with Crippen molar-refractivity contribution in [2.75, 3.05) is 6.61 Å². The topological polar surface area (TPSA) is 38.8 Å². The first kappa shape index (κ1) is 26.4. The minimum atomic E-state index is -0.143. The zero-order chi connectivity index (χ0) is 21.8. The summed E-state index contributed by atoms with van der Waals surface area (Å²) in [5, 5.41) is 2.18. The molecule has 0 N–H and O–H groups in total. The van der Waals surface area contributed by atoms with Crippen LogP contribution in [0.2, 0.25) is 0 Å². The van der Waals surface area contributed by atoms with E-state index in [9.17, 15) is 4.79 Å². The van der Waals surface area contributed by atoms with Crippen molar-refractivity contribution in [2.45, 2.75) is 149 Å². The van der Waals surface area contributed by atoms with Crippen LogP contribution in [0.4, 0.5) is 0 Å². The summed E-state index contributed by atoms with van der Waals surface area (Å²) in [7, 11) is 0. The molecule has 0 amide bonds. The average Bonchev–Trinajstić information content (AvgIpc) is 2.61. The van der Waals surface area contributed by atoms with Crippen LogP contribution in [-0.4, -0.2) is 34.8 Å². The number of piperidine rings is 1. The van der Waals surface area contributed by atoms with Crippen LogP contribution in [0.15, 0.2) is 0 Å². The van der Waals surface area contributed by atoms with E-state index in [-0.39, 0.29) is 23.2 Å². The Bertz CT molecular complexity index is 429. The predicted octanol–water partition coefficient (Wildman–Crippen LogP) is 7.20. The van der Waals surface area contributed by atoms with Crippen LogP contribution in [0.25, 0.3) is 0 Å². The third-order valence-corrected chi connectivity index (χ3v) is 6.05. The van der Waals surface area contributed by atoms with Gasteiger partial charge in [0.05, 0.1) is 6.61 Å². The van der Waals surface area contributed by atoms with E-state index in [0.29, 0.717) is 6.42 Å². The van der Waals surface area contributed by atoms with Crippen LogP contribution >= 0.6 is 0 Å². The molecule has 0 aromatic rings. The highest BCUT2D eigenvalue weighted by molar-refractivity contribution is 5.69. The number of hydrogen-bond acceptors (Lipinski definition) is 4. The molecular weight excluding hydrogens is 362 g/mol. The first-order valence-electron chi connectivity index (χ1n) is 12.4. The first-order valence-corrected chi connectivity index (χ1v) is 12.4. The molecule has 0 atom stereocenters. The molecule has 0 aromatic heterocycles. The maximum Gasteiger partial charge on any atom is 0.306 e. The van der Waals surface area contributed by atoms with Crippen LogP contribution in [0, 0.1) is 0 Å². The normalized spacial score (nSPS) is 19.4. The van der Waals surface area contributed by atoms with Crippen LogP contribution in [-0.2, 0) is 14.4 Å². The van der Waals surface area contributed by atoms with Crippen LogP contribution in [0.1, 0.15) is 131 Å². The van der Waals surface area contributed by atoms with E-state index < -0.39 is 0 Å². The number of carbonyl (C=O) groups excluding carboxylic acids is 1. The lowest BCUT2D eigenvalue weighted by Gasteiger charge is -2.53. The van der Waals surface area contributed by atoms with Crippen LogP contribution in [0.5, 0.6) is 0 Å². The fourth-order valence-corrected chi connectivity index (χ4v) is 4.76. The number of hydrogen-bond donors (Lipinski definition) is 0. The number of ether oxygens (including phenoxy) is 1. The van der Waals surface area contributed by atoms with E-state index in [1.165, 1.54) is 51.4 Å². The molecule has 0 spiro atoms. The standard InChI is InChI=1S/C25H49NO3/c1-7-9-11-13-15-17-19-28-26-24(3,4)20-22(21-25(26,5)6)29-23(27)18-16-14-12-10-8-2/h22H,7-21H2,1-6H3. The van der Waals surface area contributed by atoms with E-state index >= 15 is 0 Å². The van der Waals surface area contributed by atoms with Crippen molar-refractivity contribution >= 4 is 5.97 Å². The van der Waals surface area contributed by atoms with Crippen molar-refractivity contribution in [3.05, 3.63) is 0 Å². The summed E-state index contributed by atoms with van der Waals surface area (Å²) in [5.41, 5.74) is -0.286. The third-order valence-electron chi connectivity index (χ3n) is 6.05. The highest BCUT2D eigenvalue weighted by Crippen LogP contribution is 2.40. The molecule has 1 heterocycles. The van der Waals surface area contributed by atoms with Gasteiger partial charge in [0.1, 0.15) is 6.10 Å². The maximum atomic E-state index is 12.3. The Labute approximate surface area is 181 Å². The van der Waals surface area contributed by atoms with Gasteiger partial charge in [0.15, 0.2) is 0 Å². The largest absolute Gasteiger partial charge is 0.462 e. The maximum absolute atomic E-state index is 12.3. The van der Waals surface area contributed by atoms with Crippen molar-refractivity contribution in [3.63, 3.8) is 0 Å². The number of nitrogens with zero attached hydrogens (tertiary/aromatic N) is 1. The molecule has 0 radical (unpaired) electrons. The summed E-state index contributed by atoms with van der Waals surface area (Å²) in [5.74, 6) is -0.0282. The first-order chi connectivity index (χ1) is 13.7. The average molecular weight is 412 g/mol. The van der Waals surface area contributed by atoms with Gasteiger partial charge < -0.3 is 4.74 Å². The SMILES string of the molecule is CCCCCCCCON1C(C)(C)CC(OC(=O)CCCCCCC)CC1(C)C. The van der Waals surface area contributed by atoms with Gasteiger partial charge >= 0.3 is 5.97 Å². The fraction of sp³-hybridized carbons (Fsp3) is 0.960. The van der Waals surface area contributed by atoms with E-state index in [1.54, 1.807) is 0 Å². The molecule has 1 saturated heterocycles. The van der Waals surface area contributed by atoms with Gasteiger partial charge in [0.25, 0.3) is 0 Å². The van der Waals surface area contributed by atoms with Gasteiger partial charge in [-0.05, 0) is 40.5 Å². The summed E-state index contributed by atoms with van der Waals surface area (Å²) in [6, 6.07) is 0. The molecule has 1 aliphatic heterocycles. The van der Waals surface area contributed by atoms with E-state index in [2.05, 4.69) is 46.6 Å². The van der Waals surface area contributed by atoms with Crippen molar-refractivity contribution in [2.24, 2.45) is 0 Å². The molecule has 4 heteroatoms. The summed E-state index contributed by atoms with van der Waals surface area (Å²) in [6.07, 6.45) is 15.6. The van der Waals surface area contributed by atoms with Crippen LogP contribution in [0.3, 0.4) is 0 Å². The lowest BCUT2D eigenvalue weighted by atomic mass is 9.80. The second-order valence-electron chi connectivity index (χ2n) is 10.2. The van der Waals surface area contributed by atoms with Gasteiger partial charge in [0.2, 0.25) is 0 Å². The molecule has 4 nitrogen and oxygen atoms in total. The minimum absolute atomic E-state index is 0.0166. The van der Waals surface area contributed by atoms with Gasteiger partial charge in [-0.3, -0.25) is 9.63 Å². The molecule has 0 saturated carbocycles. The second kappa shape index (κ2) is 13.6. The minimum Gasteiger partial charge on any atom is -0.462 e. The summed E-state index contributed by atoms with van der Waals surface area (Å²) in [6.45, 7) is 14.1. The Morgan fingerprint density at radius 3 is 1.83 bits per heavy atom. The third kappa shape index (κ3) is 10.3. The van der Waals surface area contributed by atoms with Crippen LogP contribution < -0.4 is 0 Å². The molecule has 29 heavy (non-hydrogen) atoms. The van der Waals surface area contributed by atoms with Gasteiger partial charge in [0, 0.05) is 30.3 Å². The van der Waals surface area contributed by atoms with Gasteiger partial charge in [-0.15, -0.1) is 0 Å². The molecule has 172 valence electrons. The lowest BCUT2D eigenvalue weighted by molar-refractivity contribution is -0.293. The molecule has 0 unspecified atom stereocenters. The van der Waals surface area contributed by atoms with Gasteiger partial charge in [-0.1, -0.05) is 71.6 Å². The number of esters is 1. The fourth-order valence-electron chi connectivity index (χ4n) is 4.76. The number of unbranched alkanes of at least 4 members (excludes halogenated alkanes) is 9. The Morgan fingerprint density at radius 1 is 0.793 bits per heavy atom. The quantitative estimate of drug-likeness (QED) is 0.211. The van der Waals surface area contributed by atoms with Gasteiger partial charge in [-0.2, -0.15) is 5.06 Å². The monoisotopic (exact) mass is 411 g/mol. The molecule has 0 aliphatic carbocycles. The van der Waals surface area contributed by atoms with Crippen molar-refractivity contribution in [1.82, 2.24) is 5.06 Å². The Balaban J connectivity index is 2.40. The molecule has 0 bridgehead atoms. The van der Waals surface area contributed by atoms with E-state index in [0.717, 1.165) is 38.7 Å². The highest BCUT2D eigenvalue weighted by Gasteiger charge is 2.47. The van der Waals surface area contributed by atoms with E-state index in [1.807, 2.05) is 0 Å². The van der Waals surface area contributed by atoms with Crippen molar-refractivity contribution < 1.29 is 14.4 Å². The molecule has 1 rings (SSSR count). The zero-order valence-electron chi connectivity index (χ0n) is 20.4. The van der Waals surface area contributed by atoms with E-state index in [4.69, 9.17) is 9.57 Å². The second-order valence-corrected chi connectivity index (χ2v) is 10.2. The summed E-state index contributed by atoms with van der Waals surface area (Å²) < 4.78 is 5.88. The Hall–Kier alpha value is -0.610. The zero-order valence-corrected chi connectivity index (χ0v) is 20.4. The summed E-state index contributed by atoms with van der Waals surface area (Å²) >= 11 is 0. The Kier molecular flexibility index (Phi) is 12.4. The van der Waals surface area contributed by atoms with Crippen molar-refractivity contribution in [1.29, 1.82) is 0 Å². The lowest BCUT2D eigenvalue weighted by Crippen LogP contribution is -2.62. The van der Waals surface area contributed by atoms with Crippen molar-refractivity contribution in [3.8, 4) is 0 Å². The number of hydroxylamine groups is 2. The number of rotatable bonds is 15. The molecular formula is C25H49NO3. The summed E-state index contributed by atoms with van der Waals surface area (Å²) in [4.78, 5) is 18.6.